The minimum absolute atomic E-state index is 0.316. The Labute approximate surface area is 100 Å². The van der Waals surface area contributed by atoms with Gasteiger partial charge in [0.15, 0.2) is 0 Å². The summed E-state index contributed by atoms with van der Waals surface area (Å²) in [7, 11) is 0. The topological polar surface area (TPSA) is 38.0 Å². The van der Waals surface area contributed by atoms with Gasteiger partial charge in [-0.25, -0.2) is 4.39 Å². The molecule has 0 aliphatic carbocycles. The van der Waals surface area contributed by atoms with Gasteiger partial charge in [-0.2, -0.15) is 0 Å². The third-order valence-electron chi connectivity index (χ3n) is 2.58. The molecule has 0 aliphatic heterocycles. The summed E-state index contributed by atoms with van der Waals surface area (Å²) in [6.07, 6.45) is 0. The van der Waals surface area contributed by atoms with Gasteiger partial charge in [0, 0.05) is 6.54 Å². The number of nitrogens with two attached hydrogens (primary N) is 1. The first-order valence-electron chi connectivity index (χ1n) is 5.49. The van der Waals surface area contributed by atoms with E-state index in [1.807, 2.05) is 12.1 Å². The zero-order chi connectivity index (χ0) is 12.3. The van der Waals surface area contributed by atoms with E-state index < -0.39 is 0 Å². The molecule has 0 atom stereocenters. The third kappa shape index (κ3) is 2.97. The maximum absolute atomic E-state index is 12.9. The van der Waals surface area contributed by atoms with Gasteiger partial charge in [0.2, 0.25) is 0 Å². The van der Waals surface area contributed by atoms with Crippen molar-refractivity contribution in [2.75, 3.05) is 11.1 Å². The minimum Gasteiger partial charge on any atom is -0.397 e. The fourth-order valence-electron chi connectivity index (χ4n) is 1.71. The Bertz CT molecular complexity index is 523. The van der Waals surface area contributed by atoms with Crippen molar-refractivity contribution < 1.29 is 4.39 Å². The molecule has 3 heteroatoms. The van der Waals surface area contributed by atoms with Gasteiger partial charge in [-0.3, -0.25) is 0 Å². The molecule has 2 aromatic rings. The Morgan fingerprint density at radius 3 is 2.71 bits per heavy atom. The van der Waals surface area contributed by atoms with Crippen LogP contribution >= 0.6 is 0 Å². The first kappa shape index (κ1) is 11.5. The van der Waals surface area contributed by atoms with Gasteiger partial charge in [0.05, 0.1) is 11.4 Å². The molecule has 0 aliphatic rings. The van der Waals surface area contributed by atoms with Crippen molar-refractivity contribution >= 4 is 11.4 Å². The highest BCUT2D eigenvalue weighted by atomic mass is 19.1. The Morgan fingerprint density at radius 2 is 2.00 bits per heavy atom. The van der Waals surface area contributed by atoms with E-state index >= 15 is 0 Å². The van der Waals surface area contributed by atoms with E-state index in [0.29, 0.717) is 12.2 Å². The number of nitrogens with one attached hydrogen (secondary N) is 1. The molecule has 0 spiro atoms. The molecule has 2 aromatic carbocycles. The summed E-state index contributed by atoms with van der Waals surface area (Å²) in [6.45, 7) is 2.73. The lowest BCUT2D eigenvalue weighted by molar-refractivity contribution is 0.628. The van der Waals surface area contributed by atoms with Gasteiger partial charge < -0.3 is 11.1 Å². The van der Waals surface area contributed by atoms with E-state index in [-0.39, 0.29) is 5.82 Å². The van der Waals surface area contributed by atoms with Crippen LogP contribution in [0.4, 0.5) is 15.8 Å². The van der Waals surface area contributed by atoms with Crippen molar-refractivity contribution in [3.05, 3.63) is 59.4 Å². The smallest absolute Gasteiger partial charge is 0.125 e. The van der Waals surface area contributed by atoms with Gasteiger partial charge in [-0.1, -0.05) is 29.8 Å². The van der Waals surface area contributed by atoms with Crippen molar-refractivity contribution in [1.82, 2.24) is 0 Å². The second kappa shape index (κ2) is 4.87. The van der Waals surface area contributed by atoms with E-state index in [1.54, 1.807) is 6.07 Å². The average Bonchev–Trinajstić information content (AvgIpc) is 2.28. The van der Waals surface area contributed by atoms with E-state index in [2.05, 4.69) is 24.4 Å². The fraction of sp³-hybridized carbons (Fsp3) is 0.143. The zero-order valence-corrected chi connectivity index (χ0v) is 9.70. The van der Waals surface area contributed by atoms with Crippen LogP contribution in [0.1, 0.15) is 11.1 Å². The van der Waals surface area contributed by atoms with Crippen LogP contribution < -0.4 is 11.1 Å². The predicted octanol–water partition coefficient (Wildman–Crippen LogP) is 3.33. The zero-order valence-electron chi connectivity index (χ0n) is 9.70. The van der Waals surface area contributed by atoms with Crippen LogP contribution in [-0.4, -0.2) is 0 Å². The summed E-state index contributed by atoms with van der Waals surface area (Å²) < 4.78 is 12.9. The summed E-state index contributed by atoms with van der Waals surface area (Å²) in [4.78, 5) is 0. The number of hydrogen-bond donors (Lipinski definition) is 2. The van der Waals surface area contributed by atoms with Crippen molar-refractivity contribution in [1.29, 1.82) is 0 Å². The van der Waals surface area contributed by atoms with Crippen molar-refractivity contribution in [2.24, 2.45) is 0 Å². The Balaban J connectivity index is 2.07. The van der Waals surface area contributed by atoms with E-state index in [9.17, 15) is 4.39 Å². The number of hydrogen-bond acceptors (Lipinski definition) is 2. The Hall–Kier alpha value is -2.03. The number of nitrogen functional groups attached to an aromatic ring is 1. The molecule has 0 aromatic heterocycles. The second-order valence-electron chi connectivity index (χ2n) is 4.07. The fourth-order valence-corrected chi connectivity index (χ4v) is 1.71. The van der Waals surface area contributed by atoms with E-state index in [1.165, 1.54) is 23.3 Å². The van der Waals surface area contributed by atoms with Crippen molar-refractivity contribution in [2.45, 2.75) is 13.5 Å². The van der Waals surface area contributed by atoms with Crippen molar-refractivity contribution in [3.8, 4) is 0 Å². The molecule has 0 bridgehead atoms. The molecule has 0 fully saturated rings. The molecule has 0 saturated carbocycles. The third-order valence-corrected chi connectivity index (χ3v) is 2.58. The van der Waals surface area contributed by atoms with Crippen LogP contribution in [0.5, 0.6) is 0 Å². The summed E-state index contributed by atoms with van der Waals surface area (Å²) >= 11 is 0. The lowest BCUT2D eigenvalue weighted by Gasteiger charge is -2.09. The monoisotopic (exact) mass is 230 g/mol. The largest absolute Gasteiger partial charge is 0.397 e. The predicted molar refractivity (Wildman–Crippen MR) is 69.3 cm³/mol. The number of aryl methyl sites for hydroxylation is 1. The molecule has 2 nitrogen and oxygen atoms in total. The van der Waals surface area contributed by atoms with Gasteiger partial charge in [-0.15, -0.1) is 0 Å². The Morgan fingerprint density at radius 1 is 1.18 bits per heavy atom. The summed E-state index contributed by atoms with van der Waals surface area (Å²) in [5.41, 5.74) is 9.29. The number of anilines is 2. The molecule has 2 rings (SSSR count). The van der Waals surface area contributed by atoms with Crippen LogP contribution in [0.25, 0.3) is 0 Å². The van der Waals surface area contributed by atoms with Gasteiger partial charge >= 0.3 is 0 Å². The molecule has 0 unspecified atom stereocenters. The van der Waals surface area contributed by atoms with Crippen LogP contribution in [0.2, 0.25) is 0 Å². The highest BCUT2D eigenvalue weighted by Crippen LogP contribution is 2.19. The molecule has 0 heterocycles. The SMILES string of the molecule is Cc1cccc(CNc2ccc(F)cc2N)c1. The first-order chi connectivity index (χ1) is 8.15. The molecule has 0 saturated heterocycles. The van der Waals surface area contributed by atoms with Gasteiger partial charge in [-0.05, 0) is 30.7 Å². The van der Waals surface area contributed by atoms with Crippen molar-refractivity contribution in [3.63, 3.8) is 0 Å². The second-order valence-corrected chi connectivity index (χ2v) is 4.07. The minimum atomic E-state index is -0.316. The Kier molecular flexibility index (Phi) is 3.28. The lowest BCUT2D eigenvalue weighted by atomic mass is 10.1. The quantitative estimate of drug-likeness (QED) is 0.794. The van der Waals surface area contributed by atoms with Crippen LogP contribution in [0, 0.1) is 12.7 Å². The van der Waals surface area contributed by atoms with Gasteiger partial charge in [0.1, 0.15) is 5.82 Å². The lowest BCUT2D eigenvalue weighted by Crippen LogP contribution is -2.02. The molecule has 17 heavy (non-hydrogen) atoms. The molecular weight excluding hydrogens is 215 g/mol. The standard InChI is InChI=1S/C14H15FN2/c1-10-3-2-4-11(7-10)9-17-14-6-5-12(15)8-13(14)16/h2-8,17H,9,16H2,1H3. The maximum Gasteiger partial charge on any atom is 0.125 e. The maximum atomic E-state index is 12.9. The highest BCUT2D eigenvalue weighted by molar-refractivity contribution is 5.65. The van der Waals surface area contributed by atoms with Crippen LogP contribution in [-0.2, 0) is 6.54 Å². The number of halogens is 1. The van der Waals surface area contributed by atoms with E-state index in [4.69, 9.17) is 5.73 Å². The van der Waals surface area contributed by atoms with Crippen LogP contribution in [0.15, 0.2) is 42.5 Å². The highest BCUT2D eigenvalue weighted by Gasteiger charge is 2.00. The van der Waals surface area contributed by atoms with Gasteiger partial charge in [0.25, 0.3) is 0 Å². The molecule has 0 radical (unpaired) electrons. The summed E-state index contributed by atoms with van der Waals surface area (Å²) in [6, 6.07) is 12.6. The summed E-state index contributed by atoms with van der Waals surface area (Å²) in [5.74, 6) is -0.316. The summed E-state index contributed by atoms with van der Waals surface area (Å²) in [5, 5.41) is 3.19. The van der Waals surface area contributed by atoms with E-state index in [0.717, 1.165) is 5.69 Å². The average molecular weight is 230 g/mol. The number of benzene rings is 2. The molecular formula is C14H15FN2. The molecule has 88 valence electrons. The molecule has 3 N–H and O–H groups in total. The molecule has 0 amide bonds. The first-order valence-corrected chi connectivity index (χ1v) is 5.49. The number of rotatable bonds is 3. The van der Waals surface area contributed by atoms with Crippen LogP contribution in [0.3, 0.4) is 0 Å². The normalized spacial score (nSPS) is 10.2.